The molecule has 2 rings (SSSR count). The smallest absolute Gasteiger partial charge is 0.246 e. The highest BCUT2D eigenvalue weighted by atomic mass is 16.5. The summed E-state index contributed by atoms with van der Waals surface area (Å²) in [4.78, 5) is 28.3. The van der Waals surface area contributed by atoms with Gasteiger partial charge in [0.25, 0.3) is 0 Å². The Bertz CT molecular complexity index is 345. The minimum atomic E-state index is -0.355. The zero-order chi connectivity index (χ0) is 13.3. The molecule has 18 heavy (non-hydrogen) atoms. The van der Waals surface area contributed by atoms with Crippen molar-refractivity contribution in [1.29, 1.82) is 0 Å². The van der Waals surface area contributed by atoms with Crippen molar-refractivity contribution in [2.24, 2.45) is 0 Å². The molecule has 0 radical (unpaired) electrons. The predicted molar refractivity (Wildman–Crippen MR) is 67.0 cm³/mol. The zero-order valence-electron chi connectivity index (χ0n) is 11.4. The van der Waals surface area contributed by atoms with Gasteiger partial charge in [-0.1, -0.05) is 6.92 Å². The number of rotatable bonds is 4. The number of hydrogen-bond donors (Lipinski definition) is 0. The number of fused-ring (bicyclic) bond motifs is 1. The lowest BCUT2D eigenvalue weighted by atomic mass is 10.0. The summed E-state index contributed by atoms with van der Waals surface area (Å²) in [7, 11) is 1.63. The Hall–Kier alpha value is -1.10. The molecule has 0 bridgehead atoms. The summed E-state index contributed by atoms with van der Waals surface area (Å²) in [6.07, 6.45) is 2.55. The van der Waals surface area contributed by atoms with Gasteiger partial charge in [0.1, 0.15) is 12.1 Å². The highest BCUT2D eigenvalue weighted by Gasteiger charge is 2.47. The van der Waals surface area contributed by atoms with Crippen LogP contribution in [0.2, 0.25) is 0 Å². The van der Waals surface area contributed by atoms with Crippen molar-refractivity contribution < 1.29 is 14.3 Å². The largest absolute Gasteiger partial charge is 0.383 e. The summed E-state index contributed by atoms with van der Waals surface area (Å²) in [5.41, 5.74) is 0. The van der Waals surface area contributed by atoms with Crippen molar-refractivity contribution in [3.63, 3.8) is 0 Å². The van der Waals surface area contributed by atoms with Gasteiger partial charge in [-0.2, -0.15) is 0 Å². The number of amides is 2. The SMILES string of the molecule is CCC(COC)N1C(=O)C2CCCN2C(=O)C1C. The fourth-order valence-electron chi connectivity index (χ4n) is 3.09. The fraction of sp³-hybridized carbons (Fsp3) is 0.846. The van der Waals surface area contributed by atoms with E-state index in [-0.39, 0.29) is 29.9 Å². The van der Waals surface area contributed by atoms with Crippen LogP contribution in [0.5, 0.6) is 0 Å². The number of carbonyl (C=O) groups is 2. The van der Waals surface area contributed by atoms with E-state index in [2.05, 4.69) is 0 Å². The average Bonchev–Trinajstić information content (AvgIpc) is 2.84. The van der Waals surface area contributed by atoms with Gasteiger partial charge in [0.05, 0.1) is 12.6 Å². The Morgan fingerprint density at radius 3 is 2.72 bits per heavy atom. The number of piperazine rings is 1. The van der Waals surface area contributed by atoms with Crippen LogP contribution in [0, 0.1) is 0 Å². The van der Waals surface area contributed by atoms with Crippen molar-refractivity contribution >= 4 is 11.8 Å². The van der Waals surface area contributed by atoms with Crippen molar-refractivity contribution in [3.05, 3.63) is 0 Å². The molecule has 0 N–H and O–H groups in total. The first kappa shape index (κ1) is 13.3. The Balaban J connectivity index is 2.23. The van der Waals surface area contributed by atoms with Crippen molar-refractivity contribution in [1.82, 2.24) is 9.80 Å². The number of nitrogens with zero attached hydrogens (tertiary/aromatic N) is 2. The van der Waals surface area contributed by atoms with Crippen LogP contribution in [0.25, 0.3) is 0 Å². The summed E-state index contributed by atoms with van der Waals surface area (Å²) in [6, 6.07) is -0.573. The molecule has 0 aromatic carbocycles. The molecule has 2 fully saturated rings. The van der Waals surface area contributed by atoms with Crippen molar-refractivity contribution in [3.8, 4) is 0 Å². The van der Waals surface area contributed by atoms with Crippen molar-refractivity contribution in [2.45, 2.75) is 51.2 Å². The van der Waals surface area contributed by atoms with Crippen LogP contribution in [-0.2, 0) is 14.3 Å². The zero-order valence-corrected chi connectivity index (χ0v) is 11.4. The maximum atomic E-state index is 12.5. The lowest BCUT2D eigenvalue weighted by molar-refractivity contribution is -0.162. The molecule has 0 spiro atoms. The minimum absolute atomic E-state index is 0.00389. The Morgan fingerprint density at radius 2 is 2.11 bits per heavy atom. The lowest BCUT2D eigenvalue weighted by Crippen LogP contribution is -2.64. The molecule has 2 saturated heterocycles. The second-order valence-corrected chi connectivity index (χ2v) is 5.13. The molecule has 5 heteroatoms. The molecular weight excluding hydrogens is 232 g/mol. The molecule has 2 aliphatic rings. The second kappa shape index (κ2) is 5.26. The highest BCUT2D eigenvalue weighted by molar-refractivity contribution is 5.97. The van der Waals surface area contributed by atoms with Gasteiger partial charge in [0.2, 0.25) is 11.8 Å². The molecule has 0 aromatic rings. The second-order valence-electron chi connectivity index (χ2n) is 5.13. The molecule has 2 heterocycles. The topological polar surface area (TPSA) is 49.9 Å². The van der Waals surface area contributed by atoms with Crippen LogP contribution in [0.4, 0.5) is 0 Å². The minimum Gasteiger partial charge on any atom is -0.383 e. The first-order valence-electron chi connectivity index (χ1n) is 6.73. The third kappa shape index (κ3) is 2.00. The Morgan fingerprint density at radius 1 is 1.39 bits per heavy atom. The monoisotopic (exact) mass is 254 g/mol. The number of carbonyl (C=O) groups excluding carboxylic acids is 2. The van der Waals surface area contributed by atoms with Gasteiger partial charge in [-0.3, -0.25) is 9.59 Å². The number of methoxy groups -OCH3 is 1. The van der Waals surface area contributed by atoms with E-state index in [1.54, 1.807) is 16.9 Å². The summed E-state index contributed by atoms with van der Waals surface area (Å²) in [5, 5.41) is 0. The van der Waals surface area contributed by atoms with Crippen LogP contribution in [0.15, 0.2) is 0 Å². The molecule has 102 valence electrons. The van der Waals surface area contributed by atoms with E-state index < -0.39 is 0 Å². The van der Waals surface area contributed by atoms with E-state index in [4.69, 9.17) is 4.74 Å². The summed E-state index contributed by atoms with van der Waals surface area (Å²) >= 11 is 0. The van der Waals surface area contributed by atoms with Crippen molar-refractivity contribution in [2.75, 3.05) is 20.3 Å². The molecule has 0 aromatic heterocycles. The number of ether oxygens (including phenoxy) is 1. The van der Waals surface area contributed by atoms with E-state index >= 15 is 0 Å². The van der Waals surface area contributed by atoms with Gasteiger partial charge in [0.15, 0.2) is 0 Å². The maximum Gasteiger partial charge on any atom is 0.246 e. The van der Waals surface area contributed by atoms with Gasteiger partial charge < -0.3 is 14.5 Å². The molecule has 0 aliphatic carbocycles. The van der Waals surface area contributed by atoms with Gasteiger partial charge >= 0.3 is 0 Å². The molecule has 2 amide bonds. The average molecular weight is 254 g/mol. The molecule has 5 nitrogen and oxygen atoms in total. The molecule has 2 aliphatic heterocycles. The van der Waals surface area contributed by atoms with Crippen LogP contribution < -0.4 is 0 Å². The van der Waals surface area contributed by atoms with Gasteiger partial charge in [-0.15, -0.1) is 0 Å². The maximum absolute atomic E-state index is 12.5. The fourth-order valence-corrected chi connectivity index (χ4v) is 3.09. The van der Waals surface area contributed by atoms with E-state index in [0.29, 0.717) is 6.61 Å². The third-order valence-electron chi connectivity index (χ3n) is 4.07. The molecule has 0 saturated carbocycles. The van der Waals surface area contributed by atoms with Crippen LogP contribution >= 0.6 is 0 Å². The quantitative estimate of drug-likeness (QED) is 0.739. The first-order chi connectivity index (χ1) is 8.61. The standard InChI is InChI=1S/C13H22N2O3/c1-4-10(8-18-3)15-9(2)12(16)14-7-5-6-11(14)13(15)17/h9-11H,4-8H2,1-3H3. The van der Waals surface area contributed by atoms with Crippen LogP contribution in [0.1, 0.15) is 33.1 Å². The van der Waals surface area contributed by atoms with E-state index in [1.165, 1.54) is 0 Å². The van der Waals surface area contributed by atoms with Gasteiger partial charge in [0, 0.05) is 13.7 Å². The van der Waals surface area contributed by atoms with Crippen LogP contribution in [-0.4, -0.2) is 60.0 Å². The van der Waals surface area contributed by atoms with E-state index in [1.807, 2.05) is 13.8 Å². The number of hydrogen-bond acceptors (Lipinski definition) is 3. The summed E-state index contributed by atoms with van der Waals surface area (Å²) < 4.78 is 5.17. The predicted octanol–water partition coefficient (Wildman–Crippen LogP) is 0.633. The summed E-state index contributed by atoms with van der Waals surface area (Å²) in [5.74, 6) is 0.190. The first-order valence-corrected chi connectivity index (χ1v) is 6.73. The van der Waals surface area contributed by atoms with E-state index in [9.17, 15) is 9.59 Å². The van der Waals surface area contributed by atoms with E-state index in [0.717, 1.165) is 25.8 Å². The molecular formula is C13H22N2O3. The third-order valence-corrected chi connectivity index (χ3v) is 4.07. The van der Waals surface area contributed by atoms with Gasteiger partial charge in [-0.05, 0) is 26.2 Å². The van der Waals surface area contributed by atoms with Crippen LogP contribution in [0.3, 0.4) is 0 Å². The molecule has 3 atom stereocenters. The normalized spacial score (nSPS) is 29.7. The molecule has 3 unspecified atom stereocenters. The Kier molecular flexibility index (Phi) is 3.90. The lowest BCUT2D eigenvalue weighted by Gasteiger charge is -2.44. The van der Waals surface area contributed by atoms with Gasteiger partial charge in [-0.25, -0.2) is 0 Å². The highest BCUT2D eigenvalue weighted by Crippen LogP contribution is 2.28. The Labute approximate surface area is 108 Å². The summed E-state index contributed by atoms with van der Waals surface area (Å²) in [6.45, 7) is 5.07.